The van der Waals surface area contributed by atoms with Crippen LogP contribution in [0, 0.1) is 11.6 Å². The van der Waals surface area contributed by atoms with Crippen LogP contribution in [0.1, 0.15) is 59.0 Å². The third-order valence-corrected chi connectivity index (χ3v) is 6.94. The van der Waals surface area contributed by atoms with Gasteiger partial charge < -0.3 is 26.2 Å². The average Bonchev–Trinajstić information content (AvgIpc) is 3.42. The molecule has 2 heterocycles. The number of hydrogen-bond donors (Lipinski definition) is 3. The molecule has 0 aliphatic heterocycles. The lowest BCUT2D eigenvalue weighted by molar-refractivity contribution is -0.118. The molecule has 0 spiro atoms. The Bertz CT molecular complexity index is 1320. The van der Waals surface area contributed by atoms with Crippen LogP contribution in [0.5, 0.6) is 0 Å². The molecule has 1 atom stereocenters. The van der Waals surface area contributed by atoms with Gasteiger partial charge in [-0.05, 0) is 45.2 Å². The fourth-order valence-electron chi connectivity index (χ4n) is 3.62. The van der Waals surface area contributed by atoms with Gasteiger partial charge in [0.1, 0.15) is 16.7 Å². The Hall–Kier alpha value is -3.87. The molecule has 35 heavy (non-hydrogen) atoms. The second-order valence-corrected chi connectivity index (χ2v) is 9.51. The minimum Gasteiger partial charge on any atom is -0.382 e. The zero-order valence-electron chi connectivity index (χ0n) is 18.8. The molecule has 1 fully saturated rings. The summed E-state index contributed by atoms with van der Waals surface area (Å²) in [4.78, 5) is 42.7. The Morgan fingerprint density at radius 1 is 1.23 bits per heavy atom. The third kappa shape index (κ3) is 4.71. The third-order valence-electron chi connectivity index (χ3n) is 5.87. The van der Waals surface area contributed by atoms with Gasteiger partial charge in [0.25, 0.3) is 5.91 Å². The van der Waals surface area contributed by atoms with E-state index in [2.05, 4.69) is 15.5 Å². The normalized spacial score (nSPS) is 15.2. The molecule has 184 valence electrons. The van der Waals surface area contributed by atoms with Gasteiger partial charge in [0.2, 0.25) is 17.5 Å². The highest BCUT2D eigenvalue weighted by Gasteiger charge is 2.35. The highest BCUT2D eigenvalue weighted by Crippen LogP contribution is 2.36. The van der Waals surface area contributed by atoms with Gasteiger partial charge in [0.05, 0.1) is 0 Å². The molecule has 13 heteroatoms. The molecule has 10 nitrogen and oxygen atoms in total. The lowest BCUT2D eigenvalue weighted by atomic mass is 9.78. The fraction of sp³-hybridized carbons (Fsp3) is 0.318. The minimum absolute atomic E-state index is 0.0403. The summed E-state index contributed by atoms with van der Waals surface area (Å²) in [5.74, 6) is -4.58. The first-order valence-corrected chi connectivity index (χ1v) is 11.4. The molecule has 3 aromatic rings. The number of nitrogens with one attached hydrogen (secondary N) is 1. The monoisotopic (exact) mass is 504 g/mol. The summed E-state index contributed by atoms with van der Waals surface area (Å²) in [6.45, 7) is 3.36. The number of nitrogens with zero attached hydrogens (tertiary/aromatic N) is 3. The standard InChI is InChI=1S/C22H22F2N6O4S/c1-10(19(26)32)30(11-4-5-12(23)13(24)8-11)21-27-18(25)17(35-21)16(31)15-9-14(29-34-15)20(33)28-22(2)6-3-7-22/h4-5,8-10H,3,6-7,25H2,1-2H3,(H2,26,32)(H,28,33)/t10-/m0/s1. The van der Waals surface area contributed by atoms with Gasteiger partial charge >= 0.3 is 0 Å². The zero-order chi connectivity index (χ0) is 25.5. The van der Waals surface area contributed by atoms with Crippen LogP contribution in [0.3, 0.4) is 0 Å². The maximum absolute atomic E-state index is 13.9. The molecule has 0 unspecified atom stereocenters. The number of hydrogen-bond acceptors (Lipinski definition) is 9. The molecule has 1 saturated carbocycles. The Balaban J connectivity index is 1.63. The van der Waals surface area contributed by atoms with Gasteiger partial charge in [-0.3, -0.25) is 14.4 Å². The van der Waals surface area contributed by atoms with E-state index in [9.17, 15) is 23.2 Å². The Morgan fingerprint density at radius 2 is 1.94 bits per heavy atom. The molecule has 1 aliphatic rings. The van der Waals surface area contributed by atoms with Crippen molar-refractivity contribution in [2.45, 2.75) is 44.7 Å². The van der Waals surface area contributed by atoms with Gasteiger partial charge in [0.15, 0.2) is 22.5 Å². The van der Waals surface area contributed by atoms with Crippen molar-refractivity contribution in [1.82, 2.24) is 15.5 Å². The maximum Gasteiger partial charge on any atom is 0.273 e. The van der Waals surface area contributed by atoms with Crippen LogP contribution in [0.4, 0.5) is 25.4 Å². The highest BCUT2D eigenvalue weighted by atomic mass is 32.1. The quantitative estimate of drug-likeness (QED) is 0.395. The number of aromatic nitrogens is 2. The highest BCUT2D eigenvalue weighted by molar-refractivity contribution is 7.18. The maximum atomic E-state index is 13.9. The Morgan fingerprint density at radius 3 is 2.54 bits per heavy atom. The van der Waals surface area contributed by atoms with Crippen LogP contribution in [-0.2, 0) is 4.79 Å². The zero-order valence-corrected chi connectivity index (χ0v) is 19.6. The van der Waals surface area contributed by atoms with E-state index in [0.29, 0.717) is 0 Å². The molecule has 0 radical (unpaired) electrons. The number of halogens is 2. The van der Waals surface area contributed by atoms with Crippen molar-refractivity contribution in [3.8, 4) is 0 Å². The molecule has 4 rings (SSSR count). The van der Waals surface area contributed by atoms with Crippen molar-refractivity contribution < 1.29 is 27.7 Å². The van der Waals surface area contributed by atoms with Gasteiger partial charge in [-0.2, -0.15) is 0 Å². The number of thiazole rings is 1. The number of nitrogen functional groups attached to an aromatic ring is 1. The second-order valence-electron chi connectivity index (χ2n) is 8.53. The van der Waals surface area contributed by atoms with Crippen LogP contribution in [0.25, 0.3) is 0 Å². The summed E-state index contributed by atoms with van der Waals surface area (Å²) >= 11 is 0.790. The van der Waals surface area contributed by atoms with E-state index >= 15 is 0 Å². The summed E-state index contributed by atoms with van der Waals surface area (Å²) in [5, 5.41) is 6.59. The summed E-state index contributed by atoms with van der Waals surface area (Å²) in [7, 11) is 0. The van der Waals surface area contributed by atoms with Crippen LogP contribution >= 0.6 is 11.3 Å². The minimum atomic E-state index is -1.15. The lowest BCUT2D eigenvalue weighted by Crippen LogP contribution is -2.51. The number of carbonyl (C=O) groups is 3. The number of nitrogens with two attached hydrogens (primary N) is 2. The largest absolute Gasteiger partial charge is 0.382 e. The molecule has 1 aromatic carbocycles. The number of rotatable bonds is 8. The second kappa shape index (κ2) is 9.06. The summed E-state index contributed by atoms with van der Waals surface area (Å²) in [6, 6.07) is 3.16. The van der Waals surface area contributed by atoms with Crippen molar-refractivity contribution in [2.24, 2.45) is 5.73 Å². The van der Waals surface area contributed by atoms with Crippen LogP contribution < -0.4 is 21.7 Å². The number of anilines is 3. The summed E-state index contributed by atoms with van der Waals surface area (Å²) < 4.78 is 32.4. The number of benzene rings is 1. The van der Waals surface area contributed by atoms with Gasteiger partial charge in [-0.25, -0.2) is 13.8 Å². The van der Waals surface area contributed by atoms with Crippen molar-refractivity contribution in [3.63, 3.8) is 0 Å². The Labute approximate surface area is 202 Å². The molecular formula is C22H22F2N6O4S. The van der Waals surface area contributed by atoms with E-state index in [1.165, 1.54) is 24.0 Å². The predicted molar refractivity (Wildman–Crippen MR) is 123 cm³/mol. The van der Waals surface area contributed by atoms with E-state index in [4.69, 9.17) is 16.0 Å². The summed E-state index contributed by atoms with van der Waals surface area (Å²) in [5.41, 5.74) is 11.1. The first kappa shape index (κ1) is 24.3. The molecule has 0 saturated heterocycles. The fourth-order valence-corrected chi connectivity index (χ4v) is 4.65. The van der Waals surface area contributed by atoms with Crippen LogP contribution in [0.2, 0.25) is 0 Å². The van der Waals surface area contributed by atoms with Crippen molar-refractivity contribution in [1.29, 1.82) is 0 Å². The molecular weight excluding hydrogens is 482 g/mol. The van der Waals surface area contributed by atoms with Gasteiger partial charge in [0, 0.05) is 23.4 Å². The van der Waals surface area contributed by atoms with Crippen molar-refractivity contribution >= 4 is 45.6 Å². The molecule has 0 bridgehead atoms. The van der Waals surface area contributed by atoms with E-state index in [1.807, 2.05) is 6.92 Å². The molecule has 2 aromatic heterocycles. The van der Waals surface area contributed by atoms with E-state index in [1.54, 1.807) is 0 Å². The molecule has 5 N–H and O–H groups in total. The molecule has 2 amide bonds. The number of amides is 2. The van der Waals surface area contributed by atoms with Crippen molar-refractivity contribution in [2.75, 3.05) is 10.6 Å². The number of ketones is 1. The number of carbonyl (C=O) groups excluding carboxylic acids is 3. The average molecular weight is 505 g/mol. The first-order chi connectivity index (χ1) is 16.5. The van der Waals surface area contributed by atoms with E-state index < -0.39 is 35.3 Å². The summed E-state index contributed by atoms with van der Waals surface area (Å²) in [6.07, 6.45) is 2.71. The Kier molecular flexibility index (Phi) is 6.28. The topological polar surface area (TPSA) is 157 Å². The van der Waals surface area contributed by atoms with E-state index in [0.717, 1.165) is 42.7 Å². The van der Waals surface area contributed by atoms with Crippen LogP contribution in [0.15, 0.2) is 28.8 Å². The van der Waals surface area contributed by atoms with Crippen LogP contribution in [-0.4, -0.2) is 39.3 Å². The van der Waals surface area contributed by atoms with E-state index in [-0.39, 0.29) is 38.5 Å². The number of primary amides is 1. The first-order valence-electron chi connectivity index (χ1n) is 10.6. The predicted octanol–water partition coefficient (Wildman–Crippen LogP) is 2.91. The molecule has 1 aliphatic carbocycles. The smallest absolute Gasteiger partial charge is 0.273 e. The van der Waals surface area contributed by atoms with Gasteiger partial charge in [-0.1, -0.05) is 16.5 Å². The lowest BCUT2D eigenvalue weighted by Gasteiger charge is -2.38. The SMILES string of the molecule is C[C@@H](C(N)=O)N(c1ccc(F)c(F)c1)c1nc(N)c(C(=O)c2cc(C(=O)NC3(C)CCC3)no2)s1. The van der Waals surface area contributed by atoms with Crippen molar-refractivity contribution in [3.05, 3.63) is 52.2 Å². The van der Waals surface area contributed by atoms with Gasteiger partial charge in [-0.15, -0.1) is 0 Å².